The third-order valence-electron chi connectivity index (χ3n) is 4.18. The molecule has 7 nitrogen and oxygen atoms in total. The minimum Gasteiger partial charge on any atom is -0.494 e. The van der Waals surface area contributed by atoms with Crippen LogP contribution in [0.3, 0.4) is 0 Å². The largest absolute Gasteiger partial charge is 0.494 e. The van der Waals surface area contributed by atoms with Crippen LogP contribution in [0.15, 0.2) is 48.5 Å². The average molecular weight is 430 g/mol. The second kappa shape index (κ2) is 12.6. The fourth-order valence-electron chi connectivity index (χ4n) is 2.63. The maximum atomic E-state index is 12.4. The Morgan fingerprint density at radius 3 is 2.47 bits per heavy atom. The molecule has 2 aromatic rings. The first-order valence-electron chi connectivity index (χ1n) is 9.88. The standard InChI is InChI=1S/C22H27N3O4S/c1-2-3-6-15-29-17-11-9-16(10-12-17)20(27)25-22(30)24-19-8-5-4-7-18(19)21(28)23-13-14-26/h4-5,7-12,26H,2-3,6,13-15H2,1H3,(H,23,28)(H2,24,25,27,30). The number of rotatable bonds is 10. The number of aliphatic hydroxyl groups is 1. The molecule has 8 heteroatoms. The van der Waals surface area contributed by atoms with E-state index in [4.69, 9.17) is 22.1 Å². The highest BCUT2D eigenvalue weighted by Crippen LogP contribution is 2.16. The number of unbranched alkanes of at least 4 members (excludes halogenated alkanes) is 2. The number of carbonyl (C=O) groups excluding carboxylic acids is 2. The van der Waals surface area contributed by atoms with Gasteiger partial charge in [0.15, 0.2) is 5.11 Å². The van der Waals surface area contributed by atoms with Crippen LogP contribution in [0.2, 0.25) is 0 Å². The highest BCUT2D eigenvalue weighted by atomic mass is 32.1. The predicted molar refractivity (Wildman–Crippen MR) is 121 cm³/mol. The Kier molecular flexibility index (Phi) is 9.76. The molecule has 0 bridgehead atoms. The molecule has 30 heavy (non-hydrogen) atoms. The van der Waals surface area contributed by atoms with Gasteiger partial charge >= 0.3 is 0 Å². The molecule has 0 heterocycles. The summed E-state index contributed by atoms with van der Waals surface area (Å²) in [5.41, 5.74) is 1.25. The Bertz CT molecular complexity index is 856. The van der Waals surface area contributed by atoms with E-state index in [0.717, 1.165) is 19.3 Å². The van der Waals surface area contributed by atoms with Gasteiger partial charge in [-0.25, -0.2) is 0 Å². The van der Waals surface area contributed by atoms with Crippen molar-refractivity contribution in [2.45, 2.75) is 26.2 Å². The van der Waals surface area contributed by atoms with Gasteiger partial charge in [-0.2, -0.15) is 0 Å². The molecule has 2 amide bonds. The molecule has 0 saturated heterocycles. The number of anilines is 1. The van der Waals surface area contributed by atoms with E-state index in [1.165, 1.54) is 0 Å². The number of hydrogen-bond acceptors (Lipinski definition) is 5. The van der Waals surface area contributed by atoms with Crippen LogP contribution in [0, 0.1) is 0 Å². The third kappa shape index (κ3) is 7.46. The van der Waals surface area contributed by atoms with E-state index in [0.29, 0.717) is 29.2 Å². The number of hydrogen-bond donors (Lipinski definition) is 4. The van der Waals surface area contributed by atoms with Crippen LogP contribution < -0.4 is 20.7 Å². The zero-order valence-electron chi connectivity index (χ0n) is 16.9. The van der Waals surface area contributed by atoms with E-state index >= 15 is 0 Å². The molecule has 0 fully saturated rings. The fourth-order valence-corrected chi connectivity index (χ4v) is 2.83. The molecule has 0 radical (unpaired) electrons. The first-order valence-corrected chi connectivity index (χ1v) is 10.3. The summed E-state index contributed by atoms with van der Waals surface area (Å²) < 4.78 is 5.64. The van der Waals surface area contributed by atoms with E-state index in [1.54, 1.807) is 48.5 Å². The van der Waals surface area contributed by atoms with E-state index in [2.05, 4.69) is 22.9 Å². The summed E-state index contributed by atoms with van der Waals surface area (Å²) in [6, 6.07) is 13.6. The van der Waals surface area contributed by atoms with Crippen molar-refractivity contribution >= 4 is 34.8 Å². The Labute approximate surface area is 181 Å². The molecule has 160 valence electrons. The minimum absolute atomic E-state index is 0.0716. The van der Waals surface area contributed by atoms with Gasteiger partial charge in [-0.15, -0.1) is 0 Å². The number of amides is 2. The normalized spacial score (nSPS) is 10.2. The molecule has 0 saturated carbocycles. The molecule has 0 spiro atoms. The van der Waals surface area contributed by atoms with Crippen molar-refractivity contribution in [3.63, 3.8) is 0 Å². The molecule has 4 N–H and O–H groups in total. The second-order valence-electron chi connectivity index (χ2n) is 6.51. The maximum absolute atomic E-state index is 12.4. The number of benzene rings is 2. The number of ether oxygens (including phenoxy) is 1. The molecule has 0 aliphatic heterocycles. The van der Waals surface area contributed by atoms with Crippen molar-refractivity contribution in [1.29, 1.82) is 0 Å². The van der Waals surface area contributed by atoms with Crippen molar-refractivity contribution in [1.82, 2.24) is 10.6 Å². The Morgan fingerprint density at radius 1 is 1.03 bits per heavy atom. The van der Waals surface area contributed by atoms with Crippen LogP contribution >= 0.6 is 12.2 Å². The van der Waals surface area contributed by atoms with Crippen LogP contribution in [0.1, 0.15) is 46.9 Å². The van der Waals surface area contributed by atoms with Crippen LogP contribution in [0.5, 0.6) is 5.75 Å². The van der Waals surface area contributed by atoms with Crippen molar-refractivity contribution in [3.8, 4) is 5.75 Å². The number of para-hydroxylation sites is 1. The summed E-state index contributed by atoms with van der Waals surface area (Å²) in [4.78, 5) is 24.6. The highest BCUT2D eigenvalue weighted by molar-refractivity contribution is 7.80. The summed E-state index contributed by atoms with van der Waals surface area (Å²) in [5, 5.41) is 17.0. The highest BCUT2D eigenvalue weighted by Gasteiger charge is 2.13. The maximum Gasteiger partial charge on any atom is 0.257 e. The lowest BCUT2D eigenvalue weighted by Gasteiger charge is -2.13. The molecule has 0 aliphatic carbocycles. The molecule has 2 rings (SSSR count). The van der Waals surface area contributed by atoms with Crippen molar-refractivity contribution < 1.29 is 19.4 Å². The molecule has 0 atom stereocenters. The number of nitrogens with one attached hydrogen (secondary N) is 3. The van der Waals surface area contributed by atoms with Gasteiger partial charge < -0.3 is 20.5 Å². The summed E-state index contributed by atoms with van der Waals surface area (Å²) in [5.74, 6) is -0.00535. The lowest BCUT2D eigenvalue weighted by molar-refractivity contribution is 0.0944. The molecule has 0 aliphatic rings. The Balaban J connectivity index is 1.92. The third-order valence-corrected chi connectivity index (χ3v) is 4.38. The lowest BCUT2D eigenvalue weighted by atomic mass is 10.1. The first kappa shape index (κ1) is 23.3. The summed E-state index contributed by atoms with van der Waals surface area (Å²) in [6.45, 7) is 2.78. The monoisotopic (exact) mass is 429 g/mol. The van der Waals surface area contributed by atoms with Gasteiger partial charge in [0, 0.05) is 12.1 Å². The van der Waals surface area contributed by atoms with E-state index in [9.17, 15) is 9.59 Å². The molecule has 0 unspecified atom stereocenters. The average Bonchev–Trinajstić information content (AvgIpc) is 2.75. The van der Waals surface area contributed by atoms with Gasteiger partial charge in [-0.1, -0.05) is 31.9 Å². The van der Waals surface area contributed by atoms with Gasteiger partial charge in [0.05, 0.1) is 24.5 Å². The molecule has 0 aromatic heterocycles. The van der Waals surface area contributed by atoms with Crippen molar-refractivity contribution in [2.24, 2.45) is 0 Å². The number of carbonyl (C=O) groups is 2. The fraction of sp³-hybridized carbons (Fsp3) is 0.318. The van der Waals surface area contributed by atoms with Crippen LogP contribution in [-0.4, -0.2) is 41.8 Å². The Morgan fingerprint density at radius 2 is 1.77 bits per heavy atom. The van der Waals surface area contributed by atoms with Gasteiger partial charge in [0.2, 0.25) is 0 Å². The Hall–Kier alpha value is -2.97. The van der Waals surface area contributed by atoms with Gasteiger partial charge in [0.25, 0.3) is 11.8 Å². The zero-order valence-corrected chi connectivity index (χ0v) is 17.8. The first-order chi connectivity index (χ1) is 14.5. The van der Waals surface area contributed by atoms with E-state index in [-0.39, 0.29) is 30.1 Å². The molecular formula is C22H27N3O4S. The SMILES string of the molecule is CCCCCOc1ccc(C(=O)NC(=S)Nc2ccccc2C(=O)NCCO)cc1. The second-order valence-corrected chi connectivity index (χ2v) is 6.92. The van der Waals surface area contributed by atoms with Gasteiger partial charge in [-0.05, 0) is 55.0 Å². The van der Waals surface area contributed by atoms with E-state index in [1.807, 2.05) is 0 Å². The molecule has 2 aromatic carbocycles. The van der Waals surface area contributed by atoms with Crippen molar-refractivity contribution in [2.75, 3.05) is 25.1 Å². The quantitative estimate of drug-likeness (QED) is 0.342. The van der Waals surface area contributed by atoms with Crippen LogP contribution in [-0.2, 0) is 0 Å². The topological polar surface area (TPSA) is 99.7 Å². The van der Waals surface area contributed by atoms with Gasteiger partial charge in [0.1, 0.15) is 5.75 Å². The lowest BCUT2D eigenvalue weighted by Crippen LogP contribution is -2.35. The summed E-state index contributed by atoms with van der Waals surface area (Å²) in [6.07, 6.45) is 3.25. The predicted octanol–water partition coefficient (Wildman–Crippen LogP) is 3.10. The van der Waals surface area contributed by atoms with Crippen LogP contribution in [0.25, 0.3) is 0 Å². The number of thiocarbonyl (C=S) groups is 1. The summed E-state index contributed by atoms with van der Waals surface area (Å²) >= 11 is 5.21. The summed E-state index contributed by atoms with van der Waals surface area (Å²) in [7, 11) is 0. The minimum atomic E-state index is -0.368. The van der Waals surface area contributed by atoms with Crippen molar-refractivity contribution in [3.05, 3.63) is 59.7 Å². The smallest absolute Gasteiger partial charge is 0.257 e. The number of aliphatic hydroxyl groups excluding tert-OH is 1. The van der Waals surface area contributed by atoms with Gasteiger partial charge in [-0.3, -0.25) is 14.9 Å². The molecular weight excluding hydrogens is 402 g/mol. The zero-order chi connectivity index (χ0) is 21.8. The van der Waals surface area contributed by atoms with E-state index < -0.39 is 0 Å². The van der Waals surface area contributed by atoms with Crippen LogP contribution in [0.4, 0.5) is 5.69 Å².